The molecule has 25 heavy (non-hydrogen) atoms. The average molecular weight is 382 g/mol. The number of carbonyl (C=O) groups is 2. The predicted molar refractivity (Wildman–Crippen MR) is 103 cm³/mol. The zero-order valence-electron chi connectivity index (χ0n) is 14.1. The molecule has 2 N–H and O–H groups in total. The fourth-order valence-corrected chi connectivity index (χ4v) is 3.52. The van der Waals surface area contributed by atoms with E-state index in [1.807, 2.05) is 29.2 Å². The first-order valence-electron chi connectivity index (χ1n) is 8.73. The van der Waals surface area contributed by atoms with E-state index in [-0.39, 0.29) is 17.6 Å². The van der Waals surface area contributed by atoms with E-state index < -0.39 is 5.54 Å². The molecule has 2 aliphatic rings. The van der Waals surface area contributed by atoms with Crippen molar-refractivity contribution in [2.45, 2.75) is 31.2 Å². The van der Waals surface area contributed by atoms with Crippen LogP contribution >= 0.6 is 24.2 Å². The van der Waals surface area contributed by atoms with Crippen molar-refractivity contribution in [1.29, 1.82) is 0 Å². The largest absolute Gasteiger partial charge is 0.371 e. The Morgan fingerprint density at radius 3 is 2.40 bits per heavy atom. The second kappa shape index (κ2) is 7.87. The first-order valence-corrected chi connectivity index (χ1v) is 9.74. The Morgan fingerprint density at radius 1 is 1.20 bits per heavy atom. The molecule has 0 atom stereocenters. The Kier molecular flexibility index (Phi) is 5.79. The Morgan fingerprint density at radius 2 is 1.84 bits per heavy atom. The van der Waals surface area contributed by atoms with Crippen molar-refractivity contribution in [1.82, 2.24) is 10.2 Å². The van der Waals surface area contributed by atoms with E-state index in [1.54, 1.807) is 0 Å². The molecule has 1 saturated carbocycles. The average Bonchev–Trinajstić information content (AvgIpc) is 3.42. The lowest BCUT2D eigenvalue weighted by atomic mass is 9.96. The van der Waals surface area contributed by atoms with Crippen LogP contribution in [0.1, 0.15) is 25.7 Å². The number of piperidine rings is 1. The lowest BCUT2D eigenvalue weighted by Crippen LogP contribution is -2.49. The van der Waals surface area contributed by atoms with Crippen molar-refractivity contribution >= 4 is 41.7 Å². The lowest BCUT2D eigenvalue weighted by Gasteiger charge is -2.35. The number of amides is 2. The Labute approximate surface area is 158 Å². The minimum absolute atomic E-state index is 0.0362. The van der Waals surface area contributed by atoms with E-state index >= 15 is 0 Å². The maximum absolute atomic E-state index is 12.9. The van der Waals surface area contributed by atoms with E-state index in [2.05, 4.69) is 23.3 Å². The van der Waals surface area contributed by atoms with Crippen LogP contribution in [0.15, 0.2) is 24.3 Å². The molecular formula is C18H24ClN3O2S. The minimum Gasteiger partial charge on any atom is -0.371 e. The quantitative estimate of drug-likeness (QED) is 0.664. The summed E-state index contributed by atoms with van der Waals surface area (Å²) in [5.74, 6) is 0.814. The fourth-order valence-electron chi connectivity index (χ4n) is 3.28. The van der Waals surface area contributed by atoms with Crippen LogP contribution in [-0.4, -0.2) is 47.6 Å². The number of benzene rings is 1. The second-order valence-electron chi connectivity index (χ2n) is 6.91. The van der Waals surface area contributed by atoms with Crippen LogP contribution in [-0.2, 0) is 9.59 Å². The molecule has 2 amide bonds. The number of nitrogens with zero attached hydrogens (tertiary/aromatic N) is 1. The van der Waals surface area contributed by atoms with Gasteiger partial charge in [-0.3, -0.25) is 9.59 Å². The number of halogens is 1. The number of nitrogens with one attached hydrogen (secondary N) is 2. The Bertz CT molecular complexity index is 626. The van der Waals surface area contributed by atoms with E-state index in [1.165, 1.54) is 0 Å². The van der Waals surface area contributed by atoms with Crippen LogP contribution in [0.3, 0.4) is 0 Å². The van der Waals surface area contributed by atoms with Gasteiger partial charge in [-0.25, -0.2) is 0 Å². The normalized spacial score (nSPS) is 19.4. The summed E-state index contributed by atoms with van der Waals surface area (Å²) >= 11 is 9.88. The number of hydrogen-bond acceptors (Lipinski definition) is 4. The summed E-state index contributed by atoms with van der Waals surface area (Å²) in [6.45, 7) is 2.18. The molecular weight excluding hydrogens is 358 g/mol. The van der Waals surface area contributed by atoms with Gasteiger partial charge in [0.2, 0.25) is 11.8 Å². The fraction of sp³-hybridized carbons (Fsp3) is 0.556. The maximum atomic E-state index is 12.9. The van der Waals surface area contributed by atoms with Crippen LogP contribution in [0.2, 0.25) is 5.02 Å². The highest BCUT2D eigenvalue weighted by Gasteiger charge is 2.52. The summed E-state index contributed by atoms with van der Waals surface area (Å²) in [6.07, 6.45) is 3.59. The molecule has 0 radical (unpaired) electrons. The van der Waals surface area contributed by atoms with Crippen molar-refractivity contribution in [3.63, 3.8) is 0 Å². The summed E-state index contributed by atoms with van der Waals surface area (Å²) < 4.78 is 0. The van der Waals surface area contributed by atoms with Gasteiger partial charge in [0.15, 0.2) is 0 Å². The summed E-state index contributed by atoms with van der Waals surface area (Å²) in [4.78, 5) is 26.2. The van der Waals surface area contributed by atoms with Gasteiger partial charge in [-0.05, 0) is 55.9 Å². The number of carbonyl (C=O) groups excluding carboxylic acids is 2. The zero-order valence-corrected chi connectivity index (χ0v) is 15.8. The van der Waals surface area contributed by atoms with Crippen molar-refractivity contribution in [3.8, 4) is 0 Å². The second-order valence-corrected chi connectivity index (χ2v) is 7.66. The third-order valence-electron chi connectivity index (χ3n) is 5.02. The smallest absolute Gasteiger partial charge is 0.248 e. The van der Waals surface area contributed by atoms with Gasteiger partial charge in [0.05, 0.1) is 5.75 Å². The molecule has 1 aliphatic heterocycles. The van der Waals surface area contributed by atoms with E-state index in [0.29, 0.717) is 17.5 Å². The summed E-state index contributed by atoms with van der Waals surface area (Å²) in [6, 6.07) is 7.47. The summed E-state index contributed by atoms with van der Waals surface area (Å²) in [5.41, 5.74) is 0.487. The van der Waals surface area contributed by atoms with Gasteiger partial charge in [0.1, 0.15) is 5.54 Å². The molecule has 0 unspecified atom stereocenters. The van der Waals surface area contributed by atoms with Crippen molar-refractivity contribution in [3.05, 3.63) is 29.3 Å². The van der Waals surface area contributed by atoms with E-state index in [0.717, 1.165) is 44.5 Å². The Balaban J connectivity index is 1.50. The van der Waals surface area contributed by atoms with Crippen LogP contribution in [0.5, 0.6) is 0 Å². The van der Waals surface area contributed by atoms with Gasteiger partial charge in [-0.2, -0.15) is 12.6 Å². The first-order chi connectivity index (χ1) is 12.0. The molecule has 0 aromatic heterocycles. The minimum atomic E-state index is -0.444. The topological polar surface area (TPSA) is 61.4 Å². The molecule has 3 rings (SSSR count). The van der Waals surface area contributed by atoms with Crippen molar-refractivity contribution in [2.24, 2.45) is 5.92 Å². The van der Waals surface area contributed by atoms with Crippen LogP contribution in [0, 0.1) is 5.92 Å². The maximum Gasteiger partial charge on any atom is 0.248 e. The number of anilines is 1. The summed E-state index contributed by atoms with van der Waals surface area (Å²) in [7, 11) is 0. The van der Waals surface area contributed by atoms with Gasteiger partial charge < -0.3 is 15.5 Å². The molecule has 7 heteroatoms. The summed E-state index contributed by atoms with van der Waals surface area (Å²) in [5, 5.41) is 6.97. The van der Waals surface area contributed by atoms with Gasteiger partial charge in [-0.15, -0.1) is 0 Å². The van der Waals surface area contributed by atoms with Crippen LogP contribution in [0.25, 0.3) is 0 Å². The molecule has 1 aromatic rings. The van der Waals surface area contributed by atoms with Gasteiger partial charge in [0.25, 0.3) is 0 Å². The SMILES string of the molecule is O=C(CS)NCC1CCN(C(=O)C2(Nc3ccc(Cl)cc3)CC2)CC1. The van der Waals surface area contributed by atoms with Crippen molar-refractivity contribution in [2.75, 3.05) is 30.7 Å². The highest BCUT2D eigenvalue weighted by molar-refractivity contribution is 7.81. The third-order valence-corrected chi connectivity index (χ3v) is 5.56. The molecule has 0 spiro atoms. The molecule has 136 valence electrons. The standard InChI is InChI=1S/C18H24ClN3O2S/c19-14-1-3-15(4-2-14)21-18(7-8-18)17(24)22-9-5-13(6-10-22)11-20-16(23)12-25/h1-4,13,21,25H,5-12H2,(H,20,23). The number of rotatable bonds is 6. The Hall–Kier alpha value is -1.40. The lowest BCUT2D eigenvalue weighted by molar-refractivity contribution is -0.134. The molecule has 1 saturated heterocycles. The first kappa shape index (κ1) is 18.4. The van der Waals surface area contributed by atoms with E-state index in [4.69, 9.17) is 11.6 Å². The molecule has 5 nitrogen and oxygen atoms in total. The van der Waals surface area contributed by atoms with Crippen molar-refractivity contribution < 1.29 is 9.59 Å². The monoisotopic (exact) mass is 381 g/mol. The molecule has 1 aromatic carbocycles. The van der Waals surface area contributed by atoms with Gasteiger partial charge >= 0.3 is 0 Å². The highest BCUT2D eigenvalue weighted by Crippen LogP contribution is 2.41. The molecule has 1 heterocycles. The van der Waals surface area contributed by atoms with Crippen LogP contribution in [0.4, 0.5) is 5.69 Å². The molecule has 1 aliphatic carbocycles. The number of hydrogen-bond donors (Lipinski definition) is 3. The van der Waals surface area contributed by atoms with Gasteiger partial charge in [0, 0.05) is 30.3 Å². The van der Waals surface area contributed by atoms with Gasteiger partial charge in [-0.1, -0.05) is 11.6 Å². The zero-order chi connectivity index (χ0) is 17.9. The van der Waals surface area contributed by atoms with Crippen LogP contribution < -0.4 is 10.6 Å². The number of thiol groups is 1. The van der Waals surface area contributed by atoms with E-state index in [9.17, 15) is 9.59 Å². The third kappa shape index (κ3) is 4.61. The highest BCUT2D eigenvalue weighted by atomic mass is 35.5. The predicted octanol–water partition coefficient (Wildman–Crippen LogP) is 2.57. The number of likely N-dealkylation sites (tertiary alicyclic amines) is 1. The molecule has 0 bridgehead atoms. The molecule has 2 fully saturated rings.